The van der Waals surface area contributed by atoms with Gasteiger partial charge >= 0.3 is 12.1 Å². The number of alkyl carbamates (subject to hydrolysis) is 1. The zero-order valence-electron chi connectivity index (χ0n) is 23.1. The Kier molecular flexibility index (Phi) is 8.93. The van der Waals surface area contributed by atoms with Gasteiger partial charge < -0.3 is 29.8 Å². The van der Waals surface area contributed by atoms with E-state index < -0.39 is 30.1 Å². The fourth-order valence-electron chi connectivity index (χ4n) is 5.07. The van der Waals surface area contributed by atoms with E-state index in [1.807, 2.05) is 66.7 Å². The Balaban J connectivity index is 1.22. The summed E-state index contributed by atoms with van der Waals surface area (Å²) in [6.45, 7) is 2.56. The van der Waals surface area contributed by atoms with Crippen molar-refractivity contribution in [3.8, 4) is 11.1 Å². The minimum atomic E-state index is -1.13. The van der Waals surface area contributed by atoms with Crippen molar-refractivity contribution in [3.05, 3.63) is 114 Å². The number of amides is 2. The van der Waals surface area contributed by atoms with E-state index in [0.717, 1.165) is 27.8 Å². The zero-order chi connectivity index (χ0) is 29.5. The molecule has 1 aliphatic rings. The fourth-order valence-corrected chi connectivity index (χ4v) is 5.07. The van der Waals surface area contributed by atoms with Crippen LogP contribution in [0.4, 0.5) is 4.79 Å². The van der Waals surface area contributed by atoms with Gasteiger partial charge in [0.1, 0.15) is 12.6 Å². The molecular weight excluding hydrogens is 536 g/mol. The molecule has 0 aliphatic heterocycles. The number of carboxylic acids is 1. The Morgan fingerprint density at radius 2 is 1.60 bits per heavy atom. The maximum atomic E-state index is 13.2. The number of ether oxygens (including phenoxy) is 2. The molecule has 2 amide bonds. The molecule has 10 heteroatoms. The number of carbonyl (C=O) groups excluding carboxylic acids is 2. The van der Waals surface area contributed by atoms with Gasteiger partial charge in [-0.2, -0.15) is 0 Å². The second-order valence-corrected chi connectivity index (χ2v) is 10.0. The van der Waals surface area contributed by atoms with Crippen LogP contribution in [0.3, 0.4) is 0 Å². The number of fused-ring (bicyclic) bond motifs is 3. The molecule has 10 nitrogen and oxygen atoms in total. The molecule has 0 spiro atoms. The number of nitrogens with zero attached hydrogens (tertiary/aromatic N) is 2. The van der Waals surface area contributed by atoms with Gasteiger partial charge in [0.15, 0.2) is 5.69 Å². The van der Waals surface area contributed by atoms with E-state index in [-0.39, 0.29) is 31.4 Å². The Bertz CT molecular complexity index is 1510. The quantitative estimate of drug-likeness (QED) is 0.233. The Labute approximate surface area is 243 Å². The number of hydrogen-bond acceptors (Lipinski definition) is 6. The normalized spacial score (nSPS) is 13.5. The molecule has 3 aromatic carbocycles. The van der Waals surface area contributed by atoms with Crippen LogP contribution in [0.2, 0.25) is 0 Å². The predicted molar refractivity (Wildman–Crippen MR) is 155 cm³/mol. The first-order valence-corrected chi connectivity index (χ1v) is 13.7. The summed E-state index contributed by atoms with van der Waals surface area (Å²) in [5.74, 6) is -1.70. The van der Waals surface area contributed by atoms with Crippen molar-refractivity contribution in [2.45, 2.75) is 38.1 Å². The van der Waals surface area contributed by atoms with Crippen LogP contribution in [-0.4, -0.2) is 57.9 Å². The van der Waals surface area contributed by atoms with Crippen molar-refractivity contribution in [1.29, 1.82) is 0 Å². The van der Waals surface area contributed by atoms with Crippen LogP contribution in [-0.2, 0) is 27.4 Å². The first kappa shape index (κ1) is 28.6. The van der Waals surface area contributed by atoms with Crippen molar-refractivity contribution in [2.75, 3.05) is 13.2 Å². The van der Waals surface area contributed by atoms with Crippen LogP contribution < -0.4 is 10.6 Å². The summed E-state index contributed by atoms with van der Waals surface area (Å²) in [6.07, 6.45) is 1.35. The summed E-state index contributed by atoms with van der Waals surface area (Å²) in [4.78, 5) is 41.2. The van der Waals surface area contributed by atoms with E-state index in [1.54, 1.807) is 11.5 Å². The Hall–Kier alpha value is -4.96. The van der Waals surface area contributed by atoms with Gasteiger partial charge in [-0.3, -0.25) is 4.79 Å². The molecule has 1 aromatic heterocycles. The van der Waals surface area contributed by atoms with E-state index in [1.165, 1.54) is 12.5 Å². The molecule has 42 heavy (non-hydrogen) atoms. The van der Waals surface area contributed by atoms with Gasteiger partial charge in [0, 0.05) is 25.2 Å². The average molecular weight is 569 g/mol. The van der Waals surface area contributed by atoms with E-state index in [9.17, 15) is 14.4 Å². The van der Waals surface area contributed by atoms with Crippen LogP contribution in [0.15, 0.2) is 91.4 Å². The number of carbonyl (C=O) groups is 3. The number of nitrogens with one attached hydrogen (secondary N) is 2. The highest BCUT2D eigenvalue weighted by molar-refractivity contribution is 5.86. The summed E-state index contributed by atoms with van der Waals surface area (Å²) in [5, 5.41) is 14.6. The maximum absolute atomic E-state index is 13.2. The molecule has 1 aliphatic carbocycles. The largest absolute Gasteiger partial charge is 0.476 e. The summed E-state index contributed by atoms with van der Waals surface area (Å²) in [5.41, 5.74) is 5.27. The van der Waals surface area contributed by atoms with Crippen LogP contribution in [0.1, 0.15) is 40.0 Å². The fraction of sp³-hybridized carbons (Fsp3) is 0.250. The Morgan fingerprint density at radius 3 is 2.24 bits per heavy atom. The number of hydrogen-bond donors (Lipinski definition) is 3. The van der Waals surface area contributed by atoms with Crippen molar-refractivity contribution < 1.29 is 29.0 Å². The molecule has 0 saturated heterocycles. The lowest BCUT2D eigenvalue weighted by atomic mass is 9.98. The lowest BCUT2D eigenvalue weighted by Gasteiger charge is -2.25. The topological polar surface area (TPSA) is 132 Å². The van der Waals surface area contributed by atoms with E-state index >= 15 is 0 Å². The second-order valence-electron chi connectivity index (χ2n) is 10.0. The molecule has 0 radical (unpaired) electrons. The Morgan fingerprint density at radius 1 is 0.952 bits per heavy atom. The van der Waals surface area contributed by atoms with Gasteiger partial charge in [0.25, 0.3) is 0 Å². The monoisotopic (exact) mass is 568 g/mol. The van der Waals surface area contributed by atoms with Crippen LogP contribution in [0.25, 0.3) is 11.1 Å². The number of aromatic carboxylic acids is 1. The molecule has 2 atom stereocenters. The second kappa shape index (κ2) is 13.1. The number of carboxylic acid groups (broad SMARTS) is 1. The van der Waals surface area contributed by atoms with Crippen molar-refractivity contribution in [1.82, 2.24) is 20.2 Å². The third kappa shape index (κ3) is 6.67. The van der Waals surface area contributed by atoms with Gasteiger partial charge in [0.2, 0.25) is 5.91 Å². The predicted octanol–water partition coefficient (Wildman–Crippen LogP) is 4.21. The standard InChI is InChI=1S/C32H32N4O6/c1-21(41-18-22-9-3-2-4-10-22)29(30(37)33-15-16-36-17-28(31(38)39)34-20-36)35-32(40)42-19-27-25-13-7-5-11-23(25)24-12-6-8-14-26(24)27/h2-14,17,20-21,27,29H,15-16,18-19H2,1H3,(H,33,37)(H,35,40)(H,38,39). The molecule has 3 N–H and O–H groups in total. The molecule has 216 valence electrons. The molecule has 5 rings (SSSR count). The highest BCUT2D eigenvalue weighted by Gasteiger charge is 2.31. The number of rotatable bonds is 12. The molecule has 2 unspecified atom stereocenters. The van der Waals surface area contributed by atoms with E-state index in [0.29, 0.717) is 6.54 Å². The SMILES string of the molecule is CC(OCc1ccccc1)C(NC(=O)OCC1c2ccccc2-c2ccccc21)C(=O)NCCn1cnc(C(=O)O)c1. The first-order chi connectivity index (χ1) is 20.4. The van der Waals surface area contributed by atoms with Crippen molar-refractivity contribution >= 4 is 18.0 Å². The molecule has 0 bridgehead atoms. The third-order valence-corrected chi connectivity index (χ3v) is 7.25. The summed E-state index contributed by atoms with van der Waals surface area (Å²) >= 11 is 0. The minimum Gasteiger partial charge on any atom is -0.476 e. The molecule has 4 aromatic rings. The highest BCUT2D eigenvalue weighted by Crippen LogP contribution is 2.44. The van der Waals surface area contributed by atoms with Crippen LogP contribution in [0, 0.1) is 0 Å². The van der Waals surface area contributed by atoms with Gasteiger partial charge in [-0.15, -0.1) is 0 Å². The van der Waals surface area contributed by atoms with Crippen molar-refractivity contribution in [3.63, 3.8) is 0 Å². The smallest absolute Gasteiger partial charge is 0.407 e. The van der Waals surface area contributed by atoms with Gasteiger partial charge in [-0.25, -0.2) is 14.6 Å². The molecule has 0 saturated carbocycles. The average Bonchev–Trinajstić information content (AvgIpc) is 3.61. The lowest BCUT2D eigenvalue weighted by molar-refractivity contribution is -0.127. The summed E-state index contributed by atoms with van der Waals surface area (Å²) in [7, 11) is 0. The summed E-state index contributed by atoms with van der Waals surface area (Å²) in [6, 6.07) is 24.6. The highest BCUT2D eigenvalue weighted by atomic mass is 16.5. The molecule has 0 fully saturated rings. The molecule has 1 heterocycles. The van der Waals surface area contributed by atoms with Gasteiger partial charge in [0.05, 0.1) is 19.0 Å². The third-order valence-electron chi connectivity index (χ3n) is 7.25. The molecular formula is C32H32N4O6. The maximum Gasteiger partial charge on any atom is 0.407 e. The van der Waals surface area contributed by atoms with Crippen LogP contribution in [0.5, 0.6) is 0 Å². The number of imidazole rings is 1. The van der Waals surface area contributed by atoms with Crippen LogP contribution >= 0.6 is 0 Å². The van der Waals surface area contributed by atoms with E-state index in [2.05, 4.69) is 27.8 Å². The lowest BCUT2D eigenvalue weighted by Crippen LogP contribution is -2.53. The van der Waals surface area contributed by atoms with Gasteiger partial charge in [-0.1, -0.05) is 78.9 Å². The zero-order valence-corrected chi connectivity index (χ0v) is 23.1. The number of benzene rings is 3. The van der Waals surface area contributed by atoms with Gasteiger partial charge in [-0.05, 0) is 34.7 Å². The minimum absolute atomic E-state index is 0.0842. The number of aromatic nitrogens is 2. The van der Waals surface area contributed by atoms with E-state index in [4.69, 9.17) is 14.6 Å². The van der Waals surface area contributed by atoms with Crippen molar-refractivity contribution in [2.24, 2.45) is 0 Å². The first-order valence-electron chi connectivity index (χ1n) is 13.7. The summed E-state index contributed by atoms with van der Waals surface area (Å²) < 4.78 is 13.2.